The van der Waals surface area contributed by atoms with Crippen molar-refractivity contribution in [3.8, 4) is 0 Å². The van der Waals surface area contributed by atoms with E-state index in [1.54, 1.807) is 11.8 Å². The van der Waals surface area contributed by atoms with Crippen molar-refractivity contribution in [2.75, 3.05) is 12.5 Å². The third-order valence-electron chi connectivity index (χ3n) is 2.00. The molecule has 0 aliphatic carbocycles. The molecule has 2 N–H and O–H groups in total. The van der Waals surface area contributed by atoms with E-state index in [1.165, 1.54) is 19.1 Å². The topological polar surface area (TPSA) is 43.1 Å². The van der Waals surface area contributed by atoms with E-state index in [2.05, 4.69) is 0 Å². The molecule has 1 aromatic carbocycles. The maximum Gasteiger partial charge on any atom is 0.217 e. The first kappa shape index (κ1) is 15.9. The van der Waals surface area contributed by atoms with E-state index >= 15 is 0 Å². The fourth-order valence-electron chi connectivity index (χ4n) is 1.11. The van der Waals surface area contributed by atoms with Gasteiger partial charge in [-0.25, -0.2) is 8.78 Å². The first-order valence-electron chi connectivity index (χ1n) is 5.05. The fourth-order valence-corrected chi connectivity index (χ4v) is 1.11. The highest BCUT2D eigenvalue weighted by Crippen LogP contribution is 2.15. The van der Waals surface area contributed by atoms with Crippen molar-refractivity contribution in [1.29, 1.82) is 0 Å². The maximum absolute atomic E-state index is 13.0. The van der Waals surface area contributed by atoms with E-state index in [0.29, 0.717) is 5.56 Å². The molecule has 0 saturated heterocycles. The van der Waals surface area contributed by atoms with Crippen LogP contribution in [0.1, 0.15) is 17.5 Å². The lowest BCUT2D eigenvalue weighted by Gasteiger charge is -2.03. The predicted octanol–water partition coefficient (Wildman–Crippen LogP) is 2.67. The van der Waals surface area contributed by atoms with Crippen LogP contribution in [0, 0.1) is 18.6 Å². The summed E-state index contributed by atoms with van der Waals surface area (Å²) in [6.45, 7) is 1.36. The Labute approximate surface area is 105 Å². The number of halogens is 2. The standard InChI is InChI=1S/C10H11F2NO.C2H6S/c1-6-8(11)4-7(5-9(6)12)2-3-10(13)14;1-3-2/h4-5H,2-3H2,1H3,(H2,13,14);1-2H3. The zero-order chi connectivity index (χ0) is 13.4. The molecule has 0 fully saturated rings. The van der Waals surface area contributed by atoms with Gasteiger partial charge in [-0.2, -0.15) is 11.8 Å². The molecule has 0 aliphatic rings. The molecule has 1 aromatic rings. The molecule has 0 spiro atoms. The van der Waals surface area contributed by atoms with Gasteiger partial charge in [-0.1, -0.05) is 0 Å². The van der Waals surface area contributed by atoms with Crippen molar-refractivity contribution < 1.29 is 13.6 Å². The molecule has 0 unspecified atom stereocenters. The summed E-state index contributed by atoms with van der Waals surface area (Å²) in [5.74, 6) is -1.67. The van der Waals surface area contributed by atoms with Gasteiger partial charge in [-0.05, 0) is 43.6 Å². The summed E-state index contributed by atoms with van der Waals surface area (Å²) >= 11 is 1.75. The summed E-state index contributed by atoms with van der Waals surface area (Å²) in [5.41, 5.74) is 5.36. The van der Waals surface area contributed by atoms with Gasteiger partial charge in [0.1, 0.15) is 11.6 Å². The second-order valence-electron chi connectivity index (χ2n) is 3.56. The van der Waals surface area contributed by atoms with Crippen LogP contribution in [0.25, 0.3) is 0 Å². The molecule has 0 aliphatic heterocycles. The lowest BCUT2D eigenvalue weighted by molar-refractivity contribution is -0.117. The van der Waals surface area contributed by atoms with E-state index in [4.69, 9.17) is 5.73 Å². The molecule has 0 atom stereocenters. The van der Waals surface area contributed by atoms with Gasteiger partial charge in [0.2, 0.25) is 5.91 Å². The van der Waals surface area contributed by atoms with Crippen molar-refractivity contribution in [1.82, 2.24) is 0 Å². The van der Waals surface area contributed by atoms with Gasteiger partial charge in [0, 0.05) is 12.0 Å². The van der Waals surface area contributed by atoms with Gasteiger partial charge in [-0.15, -0.1) is 0 Å². The average molecular weight is 261 g/mol. The monoisotopic (exact) mass is 261 g/mol. The number of thioether (sulfide) groups is 1. The SMILES string of the molecule is CSC.Cc1c(F)cc(CCC(N)=O)cc1F. The highest BCUT2D eigenvalue weighted by molar-refractivity contribution is 7.97. The average Bonchev–Trinajstić information content (AvgIpc) is 2.24. The minimum Gasteiger partial charge on any atom is -0.370 e. The van der Waals surface area contributed by atoms with Crippen LogP contribution in [0.4, 0.5) is 8.78 Å². The van der Waals surface area contributed by atoms with E-state index in [1.807, 2.05) is 12.5 Å². The van der Waals surface area contributed by atoms with Crippen molar-refractivity contribution in [2.24, 2.45) is 5.73 Å². The predicted molar refractivity (Wildman–Crippen MR) is 68.0 cm³/mol. The van der Waals surface area contributed by atoms with Gasteiger partial charge in [0.25, 0.3) is 0 Å². The zero-order valence-corrected chi connectivity index (χ0v) is 11.0. The van der Waals surface area contributed by atoms with Gasteiger partial charge >= 0.3 is 0 Å². The number of rotatable bonds is 3. The zero-order valence-electron chi connectivity index (χ0n) is 10.2. The fraction of sp³-hybridized carbons (Fsp3) is 0.417. The Kier molecular flexibility index (Phi) is 7.54. The van der Waals surface area contributed by atoms with E-state index in [9.17, 15) is 13.6 Å². The van der Waals surface area contributed by atoms with Gasteiger partial charge < -0.3 is 5.73 Å². The molecule has 96 valence electrons. The largest absolute Gasteiger partial charge is 0.370 e. The molecular formula is C12H17F2NOS. The highest BCUT2D eigenvalue weighted by atomic mass is 32.2. The first-order chi connectivity index (χ1) is 7.92. The van der Waals surface area contributed by atoms with E-state index in [0.717, 1.165) is 0 Å². The van der Waals surface area contributed by atoms with Crippen LogP contribution in [0.3, 0.4) is 0 Å². The Balaban J connectivity index is 0.000000770. The molecular weight excluding hydrogens is 244 g/mol. The normalized spacial score (nSPS) is 9.47. The second kappa shape index (κ2) is 8.06. The van der Waals surface area contributed by atoms with Crippen LogP contribution in [0.2, 0.25) is 0 Å². The summed E-state index contributed by atoms with van der Waals surface area (Å²) < 4.78 is 26.0. The summed E-state index contributed by atoms with van der Waals surface area (Å²) in [5, 5.41) is 0. The van der Waals surface area contributed by atoms with Crippen molar-refractivity contribution in [2.45, 2.75) is 19.8 Å². The van der Waals surface area contributed by atoms with E-state index in [-0.39, 0.29) is 18.4 Å². The number of hydrogen-bond acceptors (Lipinski definition) is 2. The summed E-state index contributed by atoms with van der Waals surface area (Å²) in [7, 11) is 0. The van der Waals surface area contributed by atoms with Crippen LogP contribution >= 0.6 is 11.8 Å². The number of benzene rings is 1. The Morgan fingerprint density at radius 1 is 1.29 bits per heavy atom. The minimum absolute atomic E-state index is 0.00664. The summed E-state index contributed by atoms with van der Waals surface area (Å²) in [4.78, 5) is 10.4. The maximum atomic E-state index is 13.0. The lowest BCUT2D eigenvalue weighted by Crippen LogP contribution is -2.11. The number of nitrogens with two attached hydrogens (primary N) is 1. The van der Waals surface area contributed by atoms with E-state index < -0.39 is 17.5 Å². The first-order valence-corrected chi connectivity index (χ1v) is 6.68. The Hall–Kier alpha value is -1.10. The van der Waals surface area contributed by atoms with Crippen LogP contribution in [0.5, 0.6) is 0 Å². The summed E-state index contributed by atoms with van der Waals surface area (Å²) in [6, 6.07) is 2.45. The van der Waals surface area contributed by atoms with Crippen LogP contribution in [-0.2, 0) is 11.2 Å². The highest BCUT2D eigenvalue weighted by Gasteiger charge is 2.07. The second-order valence-corrected chi connectivity index (χ2v) is 4.38. The van der Waals surface area contributed by atoms with Crippen LogP contribution in [0.15, 0.2) is 12.1 Å². The van der Waals surface area contributed by atoms with Gasteiger partial charge in [-0.3, -0.25) is 4.79 Å². The minimum atomic E-state index is -0.593. The molecule has 0 aromatic heterocycles. The molecule has 5 heteroatoms. The quantitative estimate of drug-likeness (QED) is 0.909. The van der Waals surface area contributed by atoms with Crippen LogP contribution in [-0.4, -0.2) is 18.4 Å². The summed E-state index contributed by atoms with van der Waals surface area (Å²) in [6.07, 6.45) is 4.45. The Bertz CT molecular complexity index is 360. The number of primary amides is 1. The lowest BCUT2D eigenvalue weighted by atomic mass is 10.1. The Morgan fingerprint density at radius 2 is 1.71 bits per heavy atom. The number of carbonyl (C=O) groups is 1. The van der Waals surface area contributed by atoms with Crippen molar-refractivity contribution in [3.63, 3.8) is 0 Å². The van der Waals surface area contributed by atoms with Crippen LogP contribution < -0.4 is 5.73 Å². The molecule has 0 radical (unpaired) electrons. The number of hydrogen-bond donors (Lipinski definition) is 1. The molecule has 0 saturated carbocycles. The smallest absolute Gasteiger partial charge is 0.217 e. The molecule has 0 heterocycles. The molecule has 1 rings (SSSR count). The van der Waals surface area contributed by atoms with Crippen molar-refractivity contribution in [3.05, 3.63) is 34.9 Å². The number of carbonyl (C=O) groups excluding carboxylic acids is 1. The Morgan fingerprint density at radius 3 is 2.06 bits per heavy atom. The van der Waals surface area contributed by atoms with Crippen molar-refractivity contribution >= 4 is 17.7 Å². The van der Waals surface area contributed by atoms with Gasteiger partial charge in [0.05, 0.1) is 0 Å². The number of aryl methyl sites for hydroxylation is 1. The number of amides is 1. The third kappa shape index (κ3) is 6.26. The molecule has 0 bridgehead atoms. The molecule has 17 heavy (non-hydrogen) atoms. The van der Waals surface area contributed by atoms with Gasteiger partial charge in [0.15, 0.2) is 0 Å². The third-order valence-corrected chi connectivity index (χ3v) is 2.00. The molecule has 2 nitrogen and oxygen atoms in total. The molecule has 1 amide bonds.